The van der Waals surface area contributed by atoms with Gasteiger partial charge in [-0.3, -0.25) is 19.8 Å². The summed E-state index contributed by atoms with van der Waals surface area (Å²) in [6.07, 6.45) is 1.43. The number of carbonyl (C=O) groups excluding carboxylic acids is 3. The van der Waals surface area contributed by atoms with Gasteiger partial charge in [0.2, 0.25) is 0 Å². The summed E-state index contributed by atoms with van der Waals surface area (Å²) in [5.41, 5.74) is 4.15. The van der Waals surface area contributed by atoms with Crippen molar-refractivity contribution < 1.29 is 23.9 Å². The van der Waals surface area contributed by atoms with Gasteiger partial charge in [-0.1, -0.05) is 48.0 Å². The van der Waals surface area contributed by atoms with Crippen molar-refractivity contribution in [3.8, 4) is 11.5 Å². The third-order valence-corrected chi connectivity index (χ3v) is 5.23. The van der Waals surface area contributed by atoms with Gasteiger partial charge < -0.3 is 14.8 Å². The molecule has 1 heterocycles. The third kappa shape index (κ3) is 5.62. The number of rotatable bonds is 8. The van der Waals surface area contributed by atoms with Crippen molar-refractivity contribution in [2.45, 2.75) is 6.92 Å². The molecule has 1 fully saturated rings. The molecule has 3 aromatic rings. The van der Waals surface area contributed by atoms with E-state index in [2.05, 4.69) is 10.7 Å². The Kier molecular flexibility index (Phi) is 7.32. The Morgan fingerprint density at radius 2 is 1.71 bits per heavy atom. The number of halogens is 1. The monoisotopic (exact) mass is 491 g/mol. The van der Waals surface area contributed by atoms with E-state index in [1.54, 1.807) is 49.4 Å². The van der Waals surface area contributed by atoms with E-state index in [0.717, 1.165) is 0 Å². The highest BCUT2D eigenvalue weighted by Gasteiger charge is 2.34. The van der Waals surface area contributed by atoms with Crippen LogP contribution in [0.5, 0.6) is 11.5 Å². The van der Waals surface area contributed by atoms with Gasteiger partial charge in [-0.2, -0.15) is 0 Å². The fourth-order valence-electron chi connectivity index (χ4n) is 3.41. The number of amides is 3. The third-order valence-electron chi connectivity index (χ3n) is 4.95. The molecule has 0 aliphatic carbocycles. The maximum atomic E-state index is 12.9. The first-order valence-electron chi connectivity index (χ1n) is 10.8. The van der Waals surface area contributed by atoms with Crippen LogP contribution in [0.1, 0.15) is 12.5 Å². The van der Waals surface area contributed by atoms with Gasteiger partial charge in [0.05, 0.1) is 17.3 Å². The second kappa shape index (κ2) is 10.8. The molecule has 2 N–H and O–H groups in total. The van der Waals surface area contributed by atoms with E-state index in [4.69, 9.17) is 21.1 Å². The highest BCUT2D eigenvalue weighted by atomic mass is 35.5. The van der Waals surface area contributed by atoms with Crippen LogP contribution in [0, 0.1) is 0 Å². The standard InChI is InChI=1S/C26H22ClN3O5/c1-2-34-22-15-17(13-20-25(32)29-30(26(20)33)19-11-7-4-8-12-19)14-21(27)24(22)35-16-23(31)28-18-9-5-3-6-10-18/h3-15H,2,16H2,1H3,(H,28,31)(H,29,32)/b20-13-. The Labute approximate surface area is 207 Å². The Hall–Kier alpha value is -4.30. The Balaban J connectivity index is 1.53. The summed E-state index contributed by atoms with van der Waals surface area (Å²) < 4.78 is 11.3. The maximum Gasteiger partial charge on any atom is 0.282 e. The van der Waals surface area contributed by atoms with E-state index < -0.39 is 11.8 Å². The fraction of sp³-hybridized carbons (Fsp3) is 0.115. The van der Waals surface area contributed by atoms with Crippen LogP contribution >= 0.6 is 11.6 Å². The van der Waals surface area contributed by atoms with Crippen molar-refractivity contribution in [1.82, 2.24) is 5.43 Å². The number of anilines is 2. The van der Waals surface area contributed by atoms with Crippen LogP contribution in [0.3, 0.4) is 0 Å². The summed E-state index contributed by atoms with van der Waals surface area (Å²) in [7, 11) is 0. The van der Waals surface area contributed by atoms with Crippen LogP contribution in [0.2, 0.25) is 5.02 Å². The van der Waals surface area contributed by atoms with E-state index in [0.29, 0.717) is 23.5 Å². The average molecular weight is 492 g/mol. The Morgan fingerprint density at radius 3 is 2.40 bits per heavy atom. The maximum absolute atomic E-state index is 12.9. The zero-order valence-electron chi connectivity index (χ0n) is 18.8. The highest BCUT2D eigenvalue weighted by molar-refractivity contribution is 6.33. The number of carbonyl (C=O) groups is 3. The molecule has 0 saturated carbocycles. The smallest absolute Gasteiger partial charge is 0.282 e. The first-order valence-corrected chi connectivity index (χ1v) is 11.2. The van der Waals surface area contributed by atoms with Crippen molar-refractivity contribution in [2.24, 2.45) is 0 Å². The molecule has 0 spiro atoms. The van der Waals surface area contributed by atoms with Gasteiger partial charge in [0, 0.05) is 5.69 Å². The molecular formula is C26H22ClN3O5. The van der Waals surface area contributed by atoms with E-state index in [1.165, 1.54) is 17.2 Å². The number of benzene rings is 3. The molecule has 0 bridgehead atoms. The average Bonchev–Trinajstić information content (AvgIpc) is 3.13. The van der Waals surface area contributed by atoms with Crippen molar-refractivity contribution in [3.63, 3.8) is 0 Å². The fourth-order valence-corrected chi connectivity index (χ4v) is 3.69. The molecule has 4 rings (SSSR count). The van der Waals surface area contributed by atoms with Gasteiger partial charge in [-0.05, 0) is 55.0 Å². The predicted molar refractivity (Wildman–Crippen MR) is 133 cm³/mol. The predicted octanol–water partition coefficient (Wildman–Crippen LogP) is 4.22. The minimum absolute atomic E-state index is 0.0525. The molecule has 1 aliphatic rings. The van der Waals surface area contributed by atoms with Gasteiger partial charge in [0.25, 0.3) is 17.7 Å². The van der Waals surface area contributed by atoms with E-state index in [9.17, 15) is 14.4 Å². The first-order chi connectivity index (χ1) is 17.0. The van der Waals surface area contributed by atoms with Crippen LogP contribution in [0.15, 0.2) is 78.4 Å². The zero-order valence-corrected chi connectivity index (χ0v) is 19.5. The quantitative estimate of drug-likeness (QED) is 0.363. The largest absolute Gasteiger partial charge is 0.490 e. The highest BCUT2D eigenvalue weighted by Crippen LogP contribution is 2.37. The van der Waals surface area contributed by atoms with Gasteiger partial charge in [0.15, 0.2) is 18.1 Å². The summed E-state index contributed by atoms with van der Waals surface area (Å²) in [6.45, 7) is 1.81. The first kappa shape index (κ1) is 23.8. The van der Waals surface area contributed by atoms with Gasteiger partial charge in [0.1, 0.15) is 5.57 Å². The number of nitrogens with one attached hydrogen (secondary N) is 2. The summed E-state index contributed by atoms with van der Waals surface area (Å²) in [4.78, 5) is 37.6. The Morgan fingerprint density at radius 1 is 1.03 bits per heavy atom. The lowest BCUT2D eigenvalue weighted by atomic mass is 10.1. The topological polar surface area (TPSA) is 97.0 Å². The zero-order chi connectivity index (χ0) is 24.8. The summed E-state index contributed by atoms with van der Waals surface area (Å²) in [5.74, 6) is -0.925. The molecule has 3 amide bonds. The van der Waals surface area contributed by atoms with Crippen molar-refractivity contribution in [2.75, 3.05) is 23.5 Å². The summed E-state index contributed by atoms with van der Waals surface area (Å²) in [5, 5.41) is 4.08. The summed E-state index contributed by atoms with van der Waals surface area (Å²) >= 11 is 6.43. The molecule has 0 atom stereocenters. The molecule has 9 heteroatoms. The van der Waals surface area contributed by atoms with Crippen molar-refractivity contribution in [3.05, 3.63) is 89.0 Å². The van der Waals surface area contributed by atoms with Crippen molar-refractivity contribution >= 4 is 46.8 Å². The lowest BCUT2D eigenvalue weighted by Crippen LogP contribution is -2.35. The Bertz CT molecular complexity index is 1280. The molecule has 1 aliphatic heterocycles. The van der Waals surface area contributed by atoms with Crippen LogP contribution < -0.4 is 25.2 Å². The lowest BCUT2D eigenvalue weighted by Gasteiger charge is -2.15. The lowest BCUT2D eigenvalue weighted by molar-refractivity contribution is -0.118. The second-order valence-corrected chi connectivity index (χ2v) is 7.85. The van der Waals surface area contributed by atoms with Crippen LogP contribution in [-0.4, -0.2) is 30.9 Å². The van der Waals surface area contributed by atoms with Gasteiger partial charge >= 0.3 is 0 Å². The number of ether oxygens (including phenoxy) is 2. The molecule has 0 unspecified atom stereocenters. The minimum Gasteiger partial charge on any atom is -0.490 e. The number of hydrogen-bond acceptors (Lipinski definition) is 5. The van der Waals surface area contributed by atoms with Crippen LogP contribution in [0.25, 0.3) is 6.08 Å². The summed E-state index contributed by atoms with van der Waals surface area (Å²) in [6, 6.07) is 20.9. The number of para-hydroxylation sites is 2. The molecular weight excluding hydrogens is 470 g/mol. The molecule has 0 aromatic heterocycles. The molecule has 35 heavy (non-hydrogen) atoms. The number of hydrogen-bond donors (Lipinski definition) is 2. The van der Waals surface area contributed by atoms with Gasteiger partial charge in [-0.15, -0.1) is 0 Å². The minimum atomic E-state index is -0.536. The number of nitrogens with zero attached hydrogens (tertiary/aromatic N) is 1. The molecule has 8 nitrogen and oxygen atoms in total. The molecule has 0 radical (unpaired) electrons. The normalized spacial score (nSPS) is 14.1. The van der Waals surface area contributed by atoms with E-state index in [-0.39, 0.29) is 34.6 Å². The van der Waals surface area contributed by atoms with Crippen molar-refractivity contribution in [1.29, 1.82) is 0 Å². The molecule has 3 aromatic carbocycles. The second-order valence-electron chi connectivity index (χ2n) is 7.44. The van der Waals surface area contributed by atoms with Crippen LogP contribution in [0.4, 0.5) is 11.4 Å². The molecule has 1 saturated heterocycles. The van der Waals surface area contributed by atoms with Gasteiger partial charge in [-0.25, -0.2) is 5.01 Å². The SMILES string of the molecule is CCOc1cc(/C=C2/C(=O)NN(c3ccccc3)C2=O)cc(Cl)c1OCC(=O)Nc1ccccc1. The molecule has 178 valence electrons. The van der Waals surface area contributed by atoms with Crippen LogP contribution in [-0.2, 0) is 14.4 Å². The number of hydrazine groups is 1. The van der Waals surface area contributed by atoms with E-state index in [1.807, 2.05) is 24.3 Å². The van der Waals surface area contributed by atoms with E-state index >= 15 is 0 Å².